The van der Waals surface area contributed by atoms with Crippen LogP contribution in [0.2, 0.25) is 0 Å². The van der Waals surface area contributed by atoms with Crippen molar-refractivity contribution in [3.05, 3.63) is 34.3 Å². The third-order valence-electron chi connectivity index (χ3n) is 1.47. The summed E-state index contributed by atoms with van der Waals surface area (Å²) in [6.07, 6.45) is 5.44. The van der Waals surface area contributed by atoms with Gasteiger partial charge in [0, 0.05) is 24.0 Å². The highest BCUT2D eigenvalue weighted by Gasteiger charge is 1.96. The standard InChI is InChI=1S/C8H5IN2/c9-7-5-10-4-6-2-1-3-11-8(6)7/h1-5H. The summed E-state index contributed by atoms with van der Waals surface area (Å²) in [7, 11) is 0. The Morgan fingerprint density at radius 1 is 1.27 bits per heavy atom. The molecule has 0 aromatic carbocycles. The first kappa shape index (κ1) is 6.97. The first-order valence-corrected chi connectivity index (χ1v) is 4.30. The fourth-order valence-corrected chi connectivity index (χ4v) is 1.58. The summed E-state index contributed by atoms with van der Waals surface area (Å²) in [6.45, 7) is 0. The Balaban J connectivity index is 2.91. The molecule has 0 bridgehead atoms. The van der Waals surface area contributed by atoms with Crippen LogP contribution in [0.3, 0.4) is 0 Å². The first-order chi connectivity index (χ1) is 5.38. The largest absolute Gasteiger partial charge is 0.263 e. The quantitative estimate of drug-likeness (QED) is 0.675. The first-order valence-electron chi connectivity index (χ1n) is 3.22. The molecule has 0 atom stereocenters. The summed E-state index contributed by atoms with van der Waals surface area (Å²) in [5, 5.41) is 1.10. The number of pyridine rings is 2. The van der Waals surface area contributed by atoms with E-state index in [1.807, 2.05) is 24.5 Å². The van der Waals surface area contributed by atoms with Gasteiger partial charge in [-0.1, -0.05) is 0 Å². The van der Waals surface area contributed by atoms with Crippen molar-refractivity contribution in [1.29, 1.82) is 0 Å². The van der Waals surface area contributed by atoms with Crippen LogP contribution >= 0.6 is 22.6 Å². The highest BCUT2D eigenvalue weighted by atomic mass is 127. The van der Waals surface area contributed by atoms with E-state index in [0.717, 1.165) is 14.5 Å². The molecule has 2 aromatic heterocycles. The molecule has 54 valence electrons. The Labute approximate surface area is 77.8 Å². The summed E-state index contributed by atoms with van der Waals surface area (Å²) in [6, 6.07) is 3.93. The maximum Gasteiger partial charge on any atom is 0.0866 e. The van der Waals surface area contributed by atoms with Gasteiger partial charge in [0.25, 0.3) is 0 Å². The van der Waals surface area contributed by atoms with Crippen LogP contribution in [0, 0.1) is 3.57 Å². The normalized spacial score (nSPS) is 10.3. The predicted octanol–water partition coefficient (Wildman–Crippen LogP) is 2.23. The van der Waals surface area contributed by atoms with Crippen LogP contribution in [0.25, 0.3) is 10.9 Å². The molecule has 0 amide bonds. The number of halogens is 1. The Kier molecular flexibility index (Phi) is 1.73. The van der Waals surface area contributed by atoms with E-state index in [0.29, 0.717) is 0 Å². The van der Waals surface area contributed by atoms with E-state index < -0.39 is 0 Å². The van der Waals surface area contributed by atoms with Gasteiger partial charge >= 0.3 is 0 Å². The zero-order chi connectivity index (χ0) is 7.68. The lowest BCUT2D eigenvalue weighted by molar-refractivity contribution is 1.30. The predicted molar refractivity (Wildman–Crippen MR) is 52.3 cm³/mol. The van der Waals surface area contributed by atoms with Crippen LogP contribution < -0.4 is 0 Å². The van der Waals surface area contributed by atoms with Crippen molar-refractivity contribution in [2.24, 2.45) is 0 Å². The van der Waals surface area contributed by atoms with Gasteiger partial charge in [-0.05, 0) is 34.7 Å². The zero-order valence-electron chi connectivity index (χ0n) is 5.66. The highest BCUT2D eigenvalue weighted by molar-refractivity contribution is 14.1. The molecule has 0 radical (unpaired) electrons. The van der Waals surface area contributed by atoms with E-state index in [-0.39, 0.29) is 0 Å². The minimum Gasteiger partial charge on any atom is -0.263 e. The number of hydrogen-bond acceptors (Lipinski definition) is 2. The van der Waals surface area contributed by atoms with E-state index in [1.54, 1.807) is 6.20 Å². The van der Waals surface area contributed by atoms with Crippen molar-refractivity contribution >= 4 is 33.5 Å². The molecular formula is C8H5IN2. The van der Waals surface area contributed by atoms with Crippen LogP contribution in [0.5, 0.6) is 0 Å². The summed E-state index contributed by atoms with van der Waals surface area (Å²) >= 11 is 2.23. The number of hydrogen-bond donors (Lipinski definition) is 0. The third-order valence-corrected chi connectivity index (χ3v) is 2.26. The molecule has 0 saturated heterocycles. The minimum atomic E-state index is 1.03. The molecule has 0 N–H and O–H groups in total. The SMILES string of the molecule is Ic1cncc2cccnc12. The summed E-state index contributed by atoms with van der Waals surface area (Å²) in [5.74, 6) is 0. The molecule has 2 nitrogen and oxygen atoms in total. The highest BCUT2D eigenvalue weighted by Crippen LogP contribution is 2.15. The molecule has 11 heavy (non-hydrogen) atoms. The van der Waals surface area contributed by atoms with Crippen LogP contribution in [0.4, 0.5) is 0 Å². The van der Waals surface area contributed by atoms with E-state index >= 15 is 0 Å². The molecule has 0 unspecified atom stereocenters. The van der Waals surface area contributed by atoms with Crippen molar-refractivity contribution in [2.45, 2.75) is 0 Å². The summed E-state index contributed by atoms with van der Waals surface area (Å²) < 4.78 is 1.10. The molecule has 0 aliphatic heterocycles. The second-order valence-corrected chi connectivity index (χ2v) is 3.36. The van der Waals surface area contributed by atoms with Crippen molar-refractivity contribution in [3.8, 4) is 0 Å². The Hall–Kier alpha value is -0.710. The van der Waals surface area contributed by atoms with Crippen molar-refractivity contribution in [3.63, 3.8) is 0 Å². The van der Waals surface area contributed by atoms with Crippen LogP contribution in [0.1, 0.15) is 0 Å². The number of fused-ring (bicyclic) bond motifs is 1. The van der Waals surface area contributed by atoms with Gasteiger partial charge in [-0.25, -0.2) is 0 Å². The molecule has 0 fully saturated rings. The number of nitrogens with zero attached hydrogens (tertiary/aromatic N) is 2. The lowest BCUT2D eigenvalue weighted by Crippen LogP contribution is -1.82. The second kappa shape index (κ2) is 2.73. The average molecular weight is 256 g/mol. The summed E-state index contributed by atoms with van der Waals surface area (Å²) in [4.78, 5) is 8.30. The molecule has 0 aliphatic rings. The number of rotatable bonds is 0. The minimum absolute atomic E-state index is 1.03. The molecule has 0 saturated carbocycles. The number of aromatic nitrogens is 2. The molecule has 3 heteroatoms. The van der Waals surface area contributed by atoms with E-state index in [4.69, 9.17) is 0 Å². The second-order valence-electron chi connectivity index (χ2n) is 2.20. The average Bonchev–Trinajstić information content (AvgIpc) is 2.06. The van der Waals surface area contributed by atoms with Crippen LogP contribution in [-0.2, 0) is 0 Å². The molecular weight excluding hydrogens is 251 g/mol. The lowest BCUT2D eigenvalue weighted by atomic mass is 10.3. The van der Waals surface area contributed by atoms with Crippen molar-refractivity contribution in [1.82, 2.24) is 9.97 Å². The summed E-state index contributed by atoms with van der Waals surface area (Å²) in [5.41, 5.74) is 1.03. The maximum atomic E-state index is 4.23. The topological polar surface area (TPSA) is 25.8 Å². The molecule has 2 heterocycles. The monoisotopic (exact) mass is 256 g/mol. The molecule has 2 aromatic rings. The molecule has 0 aliphatic carbocycles. The van der Waals surface area contributed by atoms with Gasteiger partial charge in [-0.3, -0.25) is 9.97 Å². The van der Waals surface area contributed by atoms with Crippen LogP contribution in [-0.4, -0.2) is 9.97 Å². The van der Waals surface area contributed by atoms with E-state index in [9.17, 15) is 0 Å². The van der Waals surface area contributed by atoms with Crippen molar-refractivity contribution in [2.75, 3.05) is 0 Å². The van der Waals surface area contributed by atoms with Gasteiger partial charge in [-0.15, -0.1) is 0 Å². The Morgan fingerprint density at radius 3 is 3.00 bits per heavy atom. The van der Waals surface area contributed by atoms with Crippen LogP contribution in [0.15, 0.2) is 30.7 Å². The van der Waals surface area contributed by atoms with Crippen molar-refractivity contribution < 1.29 is 0 Å². The van der Waals surface area contributed by atoms with Gasteiger partial charge in [0.05, 0.1) is 9.09 Å². The lowest BCUT2D eigenvalue weighted by Gasteiger charge is -1.95. The van der Waals surface area contributed by atoms with Gasteiger partial charge in [0.2, 0.25) is 0 Å². The van der Waals surface area contributed by atoms with Gasteiger partial charge in [0.15, 0.2) is 0 Å². The fraction of sp³-hybridized carbons (Fsp3) is 0. The maximum absolute atomic E-state index is 4.23. The van der Waals surface area contributed by atoms with Gasteiger partial charge in [-0.2, -0.15) is 0 Å². The molecule has 2 rings (SSSR count). The fourth-order valence-electron chi connectivity index (χ4n) is 0.966. The Bertz CT molecular complexity index is 381. The third kappa shape index (κ3) is 1.20. The van der Waals surface area contributed by atoms with Gasteiger partial charge < -0.3 is 0 Å². The van der Waals surface area contributed by atoms with E-state index in [2.05, 4.69) is 32.6 Å². The van der Waals surface area contributed by atoms with Gasteiger partial charge in [0.1, 0.15) is 0 Å². The smallest absolute Gasteiger partial charge is 0.0866 e. The molecule has 0 spiro atoms. The van der Waals surface area contributed by atoms with E-state index in [1.165, 1.54) is 0 Å². The Morgan fingerprint density at radius 2 is 2.18 bits per heavy atom. The zero-order valence-corrected chi connectivity index (χ0v) is 7.82.